The largest absolute Gasteiger partial charge is 0.339 e. The summed E-state index contributed by atoms with van der Waals surface area (Å²) in [4.78, 5) is 16.7. The summed E-state index contributed by atoms with van der Waals surface area (Å²) in [5, 5.41) is 0. The minimum absolute atomic E-state index is 0.0429. The van der Waals surface area contributed by atoms with Crippen LogP contribution in [0.3, 0.4) is 0 Å². The van der Waals surface area contributed by atoms with Crippen LogP contribution in [0.4, 0.5) is 0 Å². The van der Waals surface area contributed by atoms with E-state index >= 15 is 0 Å². The van der Waals surface area contributed by atoms with Gasteiger partial charge in [0.25, 0.3) is 0 Å². The van der Waals surface area contributed by atoms with E-state index < -0.39 is 10.0 Å². The second-order valence-corrected chi connectivity index (χ2v) is 9.23. The number of carbonyl (C=O) groups excluding carboxylic acids is 1. The van der Waals surface area contributed by atoms with Crippen LogP contribution in [-0.4, -0.2) is 74.2 Å². The molecule has 6 nitrogen and oxygen atoms in total. The molecule has 1 aromatic carbocycles. The van der Waals surface area contributed by atoms with Crippen LogP contribution in [-0.2, 0) is 14.8 Å². The topological polar surface area (TPSA) is 60.9 Å². The van der Waals surface area contributed by atoms with E-state index in [0.29, 0.717) is 44.2 Å². The van der Waals surface area contributed by atoms with Gasteiger partial charge in [0, 0.05) is 32.7 Å². The van der Waals surface area contributed by atoms with Gasteiger partial charge in [-0.2, -0.15) is 4.31 Å². The van der Waals surface area contributed by atoms with Crippen molar-refractivity contribution in [1.29, 1.82) is 0 Å². The molecule has 1 aliphatic rings. The summed E-state index contributed by atoms with van der Waals surface area (Å²) in [6.07, 6.45) is 0. The maximum atomic E-state index is 12.9. The number of rotatable bonds is 7. The molecular weight excluding hydrogens is 362 g/mol. The number of hydrogen-bond donors (Lipinski definition) is 0. The molecule has 2 rings (SSSR count). The predicted molar refractivity (Wildman–Crippen MR) is 108 cm³/mol. The third kappa shape index (κ3) is 5.40. The van der Waals surface area contributed by atoms with Crippen molar-refractivity contribution in [2.75, 3.05) is 45.8 Å². The molecule has 27 heavy (non-hydrogen) atoms. The molecule has 7 heteroatoms. The van der Waals surface area contributed by atoms with Gasteiger partial charge in [-0.15, -0.1) is 0 Å². The molecule has 0 spiro atoms. The van der Waals surface area contributed by atoms with Gasteiger partial charge in [-0.3, -0.25) is 9.69 Å². The molecule has 0 unspecified atom stereocenters. The molecule has 1 aliphatic heterocycles. The Kier molecular flexibility index (Phi) is 7.19. The first-order valence-electron chi connectivity index (χ1n) is 9.37. The van der Waals surface area contributed by atoms with E-state index in [1.54, 1.807) is 17.0 Å². The molecule has 0 saturated carbocycles. The third-order valence-electron chi connectivity index (χ3n) is 5.01. The molecule has 1 saturated heterocycles. The van der Waals surface area contributed by atoms with Gasteiger partial charge in [-0.05, 0) is 50.6 Å². The molecule has 0 atom stereocenters. The lowest BCUT2D eigenvalue weighted by atomic mass is 10.1. The number of piperazine rings is 1. The molecular formula is C20H31N3O3S. The summed E-state index contributed by atoms with van der Waals surface area (Å²) in [7, 11) is -3.52. The van der Waals surface area contributed by atoms with Crippen LogP contribution in [0.5, 0.6) is 0 Å². The molecule has 1 heterocycles. The zero-order chi connectivity index (χ0) is 20.2. The van der Waals surface area contributed by atoms with Gasteiger partial charge in [-0.1, -0.05) is 25.1 Å². The van der Waals surface area contributed by atoms with E-state index in [1.165, 1.54) is 4.31 Å². The first-order valence-corrected chi connectivity index (χ1v) is 10.8. The number of aryl methyl sites for hydroxylation is 2. The summed E-state index contributed by atoms with van der Waals surface area (Å²) < 4.78 is 27.2. The Labute approximate surface area is 163 Å². The molecule has 0 radical (unpaired) electrons. The number of benzene rings is 1. The molecule has 1 fully saturated rings. The van der Waals surface area contributed by atoms with Gasteiger partial charge in [0.2, 0.25) is 15.9 Å². The summed E-state index contributed by atoms with van der Waals surface area (Å²) >= 11 is 0. The number of amides is 1. The van der Waals surface area contributed by atoms with Crippen LogP contribution in [0, 0.1) is 13.8 Å². The second-order valence-electron chi connectivity index (χ2n) is 7.29. The van der Waals surface area contributed by atoms with E-state index in [9.17, 15) is 13.2 Å². The van der Waals surface area contributed by atoms with E-state index in [-0.39, 0.29) is 5.91 Å². The monoisotopic (exact) mass is 393 g/mol. The van der Waals surface area contributed by atoms with Gasteiger partial charge >= 0.3 is 0 Å². The van der Waals surface area contributed by atoms with Crippen LogP contribution in [0.15, 0.2) is 35.2 Å². The van der Waals surface area contributed by atoms with Crippen molar-refractivity contribution in [2.45, 2.75) is 32.6 Å². The van der Waals surface area contributed by atoms with Crippen molar-refractivity contribution >= 4 is 15.9 Å². The number of likely N-dealkylation sites (N-methyl/N-ethyl adjacent to an activating group) is 1. The lowest BCUT2D eigenvalue weighted by Crippen LogP contribution is -2.52. The molecule has 0 aromatic heterocycles. The lowest BCUT2D eigenvalue weighted by Gasteiger charge is -2.35. The molecule has 1 amide bonds. The van der Waals surface area contributed by atoms with Gasteiger partial charge in [0.15, 0.2) is 0 Å². The van der Waals surface area contributed by atoms with Crippen LogP contribution < -0.4 is 0 Å². The Bertz CT molecular complexity index is 797. The van der Waals surface area contributed by atoms with Crippen LogP contribution in [0.25, 0.3) is 0 Å². The average molecular weight is 394 g/mol. The predicted octanol–water partition coefficient (Wildman–Crippen LogP) is 2.03. The highest BCUT2D eigenvalue weighted by Gasteiger charge is 2.30. The standard InChI is InChI=1S/C20H31N3O3S/c1-6-21(14-16(2)3)15-20(24)22-9-11-23(12-10-22)27(25,26)19-8-7-17(4)18(5)13-19/h7-8,13H,2,6,9-12,14-15H2,1,3-5H3. The highest BCUT2D eigenvalue weighted by atomic mass is 32.2. The highest BCUT2D eigenvalue weighted by molar-refractivity contribution is 7.89. The normalized spacial score (nSPS) is 16.0. The average Bonchev–Trinajstić information content (AvgIpc) is 2.62. The molecule has 0 N–H and O–H groups in total. The number of sulfonamides is 1. The quantitative estimate of drug-likeness (QED) is 0.665. The fourth-order valence-corrected chi connectivity index (χ4v) is 4.66. The van der Waals surface area contributed by atoms with Gasteiger partial charge in [-0.25, -0.2) is 8.42 Å². The minimum Gasteiger partial charge on any atom is -0.339 e. The molecule has 0 aliphatic carbocycles. The summed E-state index contributed by atoms with van der Waals surface area (Å²) in [6.45, 7) is 15.1. The smallest absolute Gasteiger partial charge is 0.243 e. The Morgan fingerprint density at radius 1 is 1.11 bits per heavy atom. The molecule has 0 bridgehead atoms. The lowest BCUT2D eigenvalue weighted by molar-refractivity contribution is -0.133. The van der Waals surface area contributed by atoms with E-state index in [1.807, 2.05) is 38.7 Å². The van der Waals surface area contributed by atoms with Crippen molar-refractivity contribution < 1.29 is 13.2 Å². The maximum absolute atomic E-state index is 12.9. The Hall–Kier alpha value is -1.70. The maximum Gasteiger partial charge on any atom is 0.243 e. The summed E-state index contributed by atoms with van der Waals surface area (Å²) in [5.41, 5.74) is 3.05. The number of nitrogens with zero attached hydrogens (tertiary/aromatic N) is 3. The first-order chi connectivity index (χ1) is 12.6. The molecule has 1 aromatic rings. The van der Waals surface area contributed by atoms with Gasteiger partial charge in [0.1, 0.15) is 0 Å². The zero-order valence-corrected chi connectivity index (χ0v) is 17.7. The Morgan fingerprint density at radius 3 is 2.26 bits per heavy atom. The fourth-order valence-electron chi connectivity index (χ4n) is 3.15. The Morgan fingerprint density at radius 2 is 1.74 bits per heavy atom. The van der Waals surface area contributed by atoms with Crippen molar-refractivity contribution in [2.24, 2.45) is 0 Å². The van der Waals surface area contributed by atoms with Crippen LogP contribution in [0.2, 0.25) is 0 Å². The van der Waals surface area contributed by atoms with Crippen molar-refractivity contribution in [3.63, 3.8) is 0 Å². The molecule has 150 valence electrons. The zero-order valence-electron chi connectivity index (χ0n) is 16.9. The van der Waals surface area contributed by atoms with E-state index in [2.05, 4.69) is 6.58 Å². The van der Waals surface area contributed by atoms with Crippen LogP contribution in [0.1, 0.15) is 25.0 Å². The third-order valence-corrected chi connectivity index (χ3v) is 6.90. The minimum atomic E-state index is -3.52. The van der Waals surface area contributed by atoms with Gasteiger partial charge in [0.05, 0.1) is 11.4 Å². The van der Waals surface area contributed by atoms with Crippen LogP contribution >= 0.6 is 0 Å². The number of carbonyl (C=O) groups is 1. The van der Waals surface area contributed by atoms with Gasteiger partial charge < -0.3 is 4.90 Å². The Balaban J connectivity index is 1.98. The summed E-state index contributed by atoms with van der Waals surface area (Å²) in [6, 6.07) is 5.22. The second kappa shape index (κ2) is 8.99. The van der Waals surface area contributed by atoms with E-state index in [4.69, 9.17) is 0 Å². The fraction of sp³-hybridized carbons (Fsp3) is 0.550. The van der Waals surface area contributed by atoms with Crippen molar-refractivity contribution in [3.05, 3.63) is 41.5 Å². The summed E-state index contributed by atoms with van der Waals surface area (Å²) in [5.74, 6) is 0.0429. The van der Waals surface area contributed by atoms with Crippen molar-refractivity contribution in [1.82, 2.24) is 14.1 Å². The number of hydrogen-bond acceptors (Lipinski definition) is 4. The van der Waals surface area contributed by atoms with Crippen molar-refractivity contribution in [3.8, 4) is 0 Å². The first kappa shape index (κ1) is 21.6. The highest BCUT2D eigenvalue weighted by Crippen LogP contribution is 2.20. The SMILES string of the molecule is C=C(C)CN(CC)CC(=O)N1CCN(S(=O)(=O)c2ccc(C)c(C)c2)CC1. The van der Waals surface area contributed by atoms with E-state index in [0.717, 1.165) is 23.2 Å².